The standard InChI is InChI=1S/C12H11Cl2N3O/c1-15-12-9(14)6-8(13)11(17-12)7-3-4-16-10(5-7)18-2/h3-6H,1-2H3,(H,15,17). The maximum Gasteiger partial charge on any atom is 0.213 e. The number of nitrogens with one attached hydrogen (secondary N) is 1. The summed E-state index contributed by atoms with van der Waals surface area (Å²) in [4.78, 5) is 8.42. The summed E-state index contributed by atoms with van der Waals surface area (Å²) in [5.41, 5.74) is 1.45. The molecule has 1 N–H and O–H groups in total. The predicted molar refractivity (Wildman–Crippen MR) is 73.6 cm³/mol. The van der Waals surface area contributed by atoms with E-state index >= 15 is 0 Å². The van der Waals surface area contributed by atoms with Gasteiger partial charge >= 0.3 is 0 Å². The number of nitrogens with zero attached hydrogens (tertiary/aromatic N) is 2. The van der Waals surface area contributed by atoms with Crippen molar-refractivity contribution in [1.82, 2.24) is 9.97 Å². The lowest BCUT2D eigenvalue weighted by atomic mass is 10.2. The van der Waals surface area contributed by atoms with Crippen molar-refractivity contribution in [1.29, 1.82) is 0 Å². The fourth-order valence-electron chi connectivity index (χ4n) is 1.51. The first-order chi connectivity index (χ1) is 8.65. The Hall–Kier alpha value is -1.52. The van der Waals surface area contributed by atoms with E-state index in [-0.39, 0.29) is 0 Å². The molecule has 0 aromatic carbocycles. The molecule has 0 amide bonds. The van der Waals surface area contributed by atoms with Gasteiger partial charge in [-0.2, -0.15) is 0 Å². The number of hydrogen-bond donors (Lipinski definition) is 1. The summed E-state index contributed by atoms with van der Waals surface area (Å²) >= 11 is 12.2. The van der Waals surface area contributed by atoms with E-state index in [9.17, 15) is 0 Å². The van der Waals surface area contributed by atoms with Crippen molar-refractivity contribution in [3.05, 3.63) is 34.4 Å². The van der Waals surface area contributed by atoms with E-state index in [4.69, 9.17) is 27.9 Å². The molecular formula is C12H11Cl2N3O. The third-order valence-corrected chi connectivity index (χ3v) is 2.96. The van der Waals surface area contributed by atoms with Gasteiger partial charge in [0.1, 0.15) is 5.82 Å². The number of aromatic nitrogens is 2. The van der Waals surface area contributed by atoms with Crippen LogP contribution < -0.4 is 10.1 Å². The van der Waals surface area contributed by atoms with Gasteiger partial charge in [0.15, 0.2) is 0 Å². The zero-order valence-corrected chi connectivity index (χ0v) is 11.4. The first-order valence-corrected chi connectivity index (χ1v) is 5.95. The van der Waals surface area contributed by atoms with Gasteiger partial charge in [0, 0.05) is 24.9 Å². The fourth-order valence-corrected chi connectivity index (χ4v) is 2.07. The molecule has 18 heavy (non-hydrogen) atoms. The van der Waals surface area contributed by atoms with E-state index in [2.05, 4.69) is 15.3 Å². The van der Waals surface area contributed by atoms with Gasteiger partial charge in [-0.1, -0.05) is 23.2 Å². The van der Waals surface area contributed by atoms with Crippen LogP contribution in [0.3, 0.4) is 0 Å². The van der Waals surface area contributed by atoms with Crippen molar-refractivity contribution in [2.24, 2.45) is 0 Å². The molecular weight excluding hydrogens is 273 g/mol. The van der Waals surface area contributed by atoms with Crippen LogP contribution >= 0.6 is 23.2 Å². The highest BCUT2D eigenvalue weighted by atomic mass is 35.5. The largest absolute Gasteiger partial charge is 0.481 e. The number of ether oxygens (including phenoxy) is 1. The number of pyridine rings is 2. The minimum absolute atomic E-state index is 0.479. The molecule has 2 aromatic rings. The zero-order valence-electron chi connectivity index (χ0n) is 9.87. The minimum atomic E-state index is 0.479. The van der Waals surface area contributed by atoms with E-state index in [1.807, 2.05) is 6.07 Å². The summed E-state index contributed by atoms with van der Waals surface area (Å²) in [7, 11) is 3.31. The molecule has 4 nitrogen and oxygen atoms in total. The summed E-state index contributed by atoms with van der Waals surface area (Å²) in [6.07, 6.45) is 1.64. The SMILES string of the molecule is CNc1nc(-c2ccnc(OC)c2)c(Cl)cc1Cl. The lowest BCUT2D eigenvalue weighted by Gasteiger charge is -2.09. The Morgan fingerprint density at radius 3 is 2.67 bits per heavy atom. The third-order valence-electron chi connectivity index (χ3n) is 2.38. The first kappa shape index (κ1) is 12.9. The van der Waals surface area contributed by atoms with Crippen molar-refractivity contribution < 1.29 is 4.74 Å². The van der Waals surface area contributed by atoms with E-state index < -0.39 is 0 Å². The normalized spacial score (nSPS) is 10.2. The molecule has 0 radical (unpaired) electrons. The van der Waals surface area contributed by atoms with Crippen molar-refractivity contribution in [3.8, 4) is 17.1 Å². The molecule has 0 aliphatic rings. The van der Waals surface area contributed by atoms with Gasteiger partial charge in [-0.05, 0) is 12.1 Å². The number of hydrogen-bond acceptors (Lipinski definition) is 4. The second-order valence-corrected chi connectivity index (χ2v) is 4.30. The summed E-state index contributed by atoms with van der Waals surface area (Å²) in [6.45, 7) is 0. The Bertz CT molecular complexity index is 575. The topological polar surface area (TPSA) is 47.0 Å². The Kier molecular flexibility index (Phi) is 3.89. The van der Waals surface area contributed by atoms with Crippen LogP contribution in [-0.4, -0.2) is 24.1 Å². The molecule has 0 fully saturated rings. The van der Waals surface area contributed by atoms with Crippen molar-refractivity contribution in [3.63, 3.8) is 0 Å². The van der Waals surface area contributed by atoms with Gasteiger partial charge < -0.3 is 10.1 Å². The summed E-state index contributed by atoms with van der Waals surface area (Å²) < 4.78 is 5.07. The fraction of sp³-hybridized carbons (Fsp3) is 0.167. The Balaban J connectivity index is 2.55. The van der Waals surface area contributed by atoms with Crippen molar-refractivity contribution in [2.45, 2.75) is 0 Å². The average Bonchev–Trinajstić information content (AvgIpc) is 2.39. The maximum atomic E-state index is 6.15. The summed E-state index contributed by atoms with van der Waals surface area (Å²) in [5, 5.41) is 3.87. The summed E-state index contributed by atoms with van der Waals surface area (Å²) in [6, 6.07) is 5.23. The molecule has 2 rings (SSSR count). The number of rotatable bonds is 3. The Labute approximate surface area is 115 Å². The van der Waals surface area contributed by atoms with Crippen LogP contribution in [0.4, 0.5) is 5.82 Å². The molecule has 0 unspecified atom stereocenters. The van der Waals surface area contributed by atoms with E-state index in [0.29, 0.717) is 27.4 Å². The van der Waals surface area contributed by atoms with Gasteiger partial charge in [-0.3, -0.25) is 0 Å². The highest BCUT2D eigenvalue weighted by Gasteiger charge is 2.11. The average molecular weight is 284 g/mol. The second kappa shape index (κ2) is 5.42. The van der Waals surface area contributed by atoms with Gasteiger partial charge in [0.05, 0.1) is 22.8 Å². The number of anilines is 1. The molecule has 0 bridgehead atoms. The first-order valence-electron chi connectivity index (χ1n) is 5.20. The van der Waals surface area contributed by atoms with Crippen LogP contribution in [0.25, 0.3) is 11.3 Å². The quantitative estimate of drug-likeness (QED) is 0.937. The number of methoxy groups -OCH3 is 1. The minimum Gasteiger partial charge on any atom is -0.481 e. The highest BCUT2D eigenvalue weighted by Crippen LogP contribution is 2.32. The van der Waals surface area contributed by atoms with Gasteiger partial charge in [-0.15, -0.1) is 0 Å². The Morgan fingerprint density at radius 2 is 2.00 bits per heavy atom. The second-order valence-electron chi connectivity index (χ2n) is 3.49. The molecule has 0 saturated heterocycles. The molecule has 2 heterocycles. The van der Waals surface area contributed by atoms with Crippen LogP contribution in [0.5, 0.6) is 5.88 Å². The van der Waals surface area contributed by atoms with E-state index in [0.717, 1.165) is 5.56 Å². The van der Waals surface area contributed by atoms with Gasteiger partial charge in [0.25, 0.3) is 0 Å². The van der Waals surface area contributed by atoms with Crippen molar-refractivity contribution in [2.75, 3.05) is 19.5 Å². The van der Waals surface area contributed by atoms with Crippen LogP contribution in [-0.2, 0) is 0 Å². The van der Waals surface area contributed by atoms with E-state index in [1.165, 1.54) is 0 Å². The molecule has 94 valence electrons. The lowest BCUT2D eigenvalue weighted by molar-refractivity contribution is 0.398. The summed E-state index contributed by atoms with van der Waals surface area (Å²) in [5.74, 6) is 1.08. The molecule has 0 spiro atoms. The van der Waals surface area contributed by atoms with Crippen LogP contribution in [0, 0.1) is 0 Å². The van der Waals surface area contributed by atoms with Crippen LogP contribution in [0.15, 0.2) is 24.4 Å². The monoisotopic (exact) mass is 283 g/mol. The maximum absolute atomic E-state index is 6.15. The van der Waals surface area contributed by atoms with Crippen molar-refractivity contribution >= 4 is 29.0 Å². The predicted octanol–water partition coefficient (Wildman–Crippen LogP) is 3.50. The number of halogens is 2. The third kappa shape index (κ3) is 2.49. The van der Waals surface area contributed by atoms with Gasteiger partial charge in [0.2, 0.25) is 5.88 Å². The molecule has 0 aliphatic heterocycles. The van der Waals surface area contributed by atoms with Crippen LogP contribution in [0.2, 0.25) is 10.0 Å². The Morgan fingerprint density at radius 1 is 1.22 bits per heavy atom. The highest BCUT2D eigenvalue weighted by molar-refractivity contribution is 6.37. The smallest absolute Gasteiger partial charge is 0.213 e. The van der Waals surface area contributed by atoms with Crippen LogP contribution in [0.1, 0.15) is 0 Å². The zero-order chi connectivity index (χ0) is 13.1. The molecule has 0 saturated carbocycles. The lowest BCUT2D eigenvalue weighted by Crippen LogP contribution is -1.96. The van der Waals surface area contributed by atoms with Gasteiger partial charge in [-0.25, -0.2) is 9.97 Å². The molecule has 2 aromatic heterocycles. The molecule has 6 heteroatoms. The van der Waals surface area contributed by atoms with E-state index in [1.54, 1.807) is 32.5 Å². The molecule has 0 atom stereocenters. The molecule has 0 aliphatic carbocycles.